The number of rotatable bonds is 5. The minimum Gasteiger partial charge on any atom is -0.444 e. The molecule has 1 amide bonds. The van der Waals surface area contributed by atoms with Crippen molar-refractivity contribution in [1.82, 2.24) is 15.3 Å². The lowest BCUT2D eigenvalue weighted by Gasteiger charge is -2.20. The SMILES string of the molecule is CC(C)c1c(Cl)ncnc1NCCNC(=O)OC(C)(C)C. The largest absolute Gasteiger partial charge is 0.444 e. The molecule has 21 heavy (non-hydrogen) atoms. The number of aromatic nitrogens is 2. The van der Waals surface area contributed by atoms with Gasteiger partial charge in [-0.25, -0.2) is 14.8 Å². The van der Waals surface area contributed by atoms with E-state index in [1.165, 1.54) is 6.33 Å². The molecule has 1 aromatic rings. The smallest absolute Gasteiger partial charge is 0.407 e. The van der Waals surface area contributed by atoms with Crippen molar-refractivity contribution >= 4 is 23.5 Å². The van der Waals surface area contributed by atoms with Crippen LogP contribution in [0.3, 0.4) is 0 Å². The van der Waals surface area contributed by atoms with Crippen molar-refractivity contribution in [3.8, 4) is 0 Å². The van der Waals surface area contributed by atoms with Gasteiger partial charge in [-0.2, -0.15) is 0 Å². The summed E-state index contributed by atoms with van der Waals surface area (Å²) in [5, 5.41) is 6.27. The van der Waals surface area contributed by atoms with Crippen LogP contribution in [-0.2, 0) is 4.74 Å². The fourth-order valence-corrected chi connectivity index (χ4v) is 2.04. The van der Waals surface area contributed by atoms with E-state index in [1.54, 1.807) is 0 Å². The zero-order valence-electron chi connectivity index (χ0n) is 13.2. The third-order valence-corrected chi connectivity index (χ3v) is 2.80. The lowest BCUT2D eigenvalue weighted by molar-refractivity contribution is 0.0530. The van der Waals surface area contributed by atoms with Crippen LogP contribution in [0.25, 0.3) is 0 Å². The van der Waals surface area contributed by atoms with Gasteiger partial charge in [0.25, 0.3) is 0 Å². The zero-order chi connectivity index (χ0) is 16.0. The van der Waals surface area contributed by atoms with Gasteiger partial charge in [-0.1, -0.05) is 25.4 Å². The fourth-order valence-electron chi connectivity index (χ4n) is 1.69. The van der Waals surface area contributed by atoms with Gasteiger partial charge in [0.1, 0.15) is 22.9 Å². The van der Waals surface area contributed by atoms with Crippen molar-refractivity contribution in [2.24, 2.45) is 0 Å². The summed E-state index contributed by atoms with van der Waals surface area (Å²) in [5.74, 6) is 0.899. The second kappa shape index (κ2) is 7.45. The molecule has 6 nitrogen and oxygen atoms in total. The molecule has 0 unspecified atom stereocenters. The molecule has 0 bridgehead atoms. The zero-order valence-corrected chi connectivity index (χ0v) is 13.9. The summed E-state index contributed by atoms with van der Waals surface area (Å²) in [7, 11) is 0. The van der Waals surface area contributed by atoms with E-state index in [0.29, 0.717) is 24.1 Å². The van der Waals surface area contributed by atoms with E-state index in [9.17, 15) is 4.79 Å². The molecule has 0 spiro atoms. The number of amides is 1. The first-order valence-corrected chi connectivity index (χ1v) is 7.29. The molecule has 0 saturated heterocycles. The van der Waals surface area contributed by atoms with E-state index >= 15 is 0 Å². The Bertz CT molecular complexity index is 486. The van der Waals surface area contributed by atoms with Crippen molar-refractivity contribution in [3.63, 3.8) is 0 Å². The highest BCUT2D eigenvalue weighted by Crippen LogP contribution is 2.27. The van der Waals surface area contributed by atoms with E-state index in [2.05, 4.69) is 20.6 Å². The van der Waals surface area contributed by atoms with Gasteiger partial charge in [0, 0.05) is 18.7 Å². The molecule has 118 valence electrons. The molecule has 0 saturated carbocycles. The predicted octanol–water partition coefficient (Wildman–Crippen LogP) is 3.19. The Morgan fingerprint density at radius 2 is 2.00 bits per heavy atom. The predicted molar refractivity (Wildman–Crippen MR) is 83.9 cm³/mol. The van der Waals surface area contributed by atoms with Crippen LogP contribution in [0, 0.1) is 0 Å². The topological polar surface area (TPSA) is 76.1 Å². The Labute approximate surface area is 130 Å². The van der Waals surface area contributed by atoms with Crippen molar-refractivity contribution in [2.75, 3.05) is 18.4 Å². The number of ether oxygens (including phenoxy) is 1. The van der Waals surface area contributed by atoms with Gasteiger partial charge >= 0.3 is 6.09 Å². The van der Waals surface area contributed by atoms with Crippen LogP contribution in [0.4, 0.5) is 10.6 Å². The number of carbonyl (C=O) groups is 1. The summed E-state index contributed by atoms with van der Waals surface area (Å²) in [5.41, 5.74) is 0.374. The Kier molecular flexibility index (Phi) is 6.20. The lowest BCUT2D eigenvalue weighted by Crippen LogP contribution is -2.35. The van der Waals surface area contributed by atoms with Gasteiger partial charge in [0.2, 0.25) is 0 Å². The van der Waals surface area contributed by atoms with Crippen molar-refractivity contribution in [1.29, 1.82) is 0 Å². The van der Waals surface area contributed by atoms with E-state index in [4.69, 9.17) is 16.3 Å². The number of halogens is 1. The average Bonchev–Trinajstić information content (AvgIpc) is 2.32. The second-order valence-corrected chi connectivity index (χ2v) is 6.29. The lowest BCUT2D eigenvalue weighted by atomic mass is 10.1. The summed E-state index contributed by atoms with van der Waals surface area (Å²) >= 11 is 6.08. The first-order chi connectivity index (χ1) is 9.70. The summed E-state index contributed by atoms with van der Waals surface area (Å²) in [6, 6.07) is 0. The highest BCUT2D eigenvalue weighted by Gasteiger charge is 2.16. The molecule has 0 aliphatic carbocycles. The Morgan fingerprint density at radius 3 is 2.57 bits per heavy atom. The first-order valence-electron chi connectivity index (χ1n) is 6.92. The molecule has 1 heterocycles. The van der Waals surface area contributed by atoms with Crippen LogP contribution >= 0.6 is 11.6 Å². The minimum atomic E-state index is -0.498. The first kappa shape index (κ1) is 17.5. The molecule has 0 aliphatic heterocycles. The van der Waals surface area contributed by atoms with Crippen LogP contribution in [0.5, 0.6) is 0 Å². The minimum absolute atomic E-state index is 0.208. The summed E-state index contributed by atoms with van der Waals surface area (Å²) < 4.78 is 5.15. The van der Waals surface area contributed by atoms with E-state index in [-0.39, 0.29) is 5.92 Å². The van der Waals surface area contributed by atoms with Gasteiger partial charge in [-0.15, -0.1) is 0 Å². The number of carbonyl (C=O) groups excluding carboxylic acids is 1. The number of nitrogens with zero attached hydrogens (tertiary/aromatic N) is 2. The number of alkyl carbamates (subject to hydrolysis) is 1. The molecule has 0 aromatic carbocycles. The Morgan fingerprint density at radius 1 is 1.33 bits per heavy atom. The maximum Gasteiger partial charge on any atom is 0.407 e. The average molecular weight is 315 g/mol. The molecule has 0 radical (unpaired) electrons. The van der Waals surface area contributed by atoms with E-state index in [0.717, 1.165) is 5.56 Å². The van der Waals surface area contributed by atoms with Crippen LogP contribution in [0.1, 0.15) is 46.1 Å². The highest BCUT2D eigenvalue weighted by atomic mass is 35.5. The molecule has 2 N–H and O–H groups in total. The van der Waals surface area contributed by atoms with Crippen LogP contribution in [0.15, 0.2) is 6.33 Å². The quantitative estimate of drug-likeness (QED) is 0.645. The molecule has 0 aliphatic rings. The highest BCUT2D eigenvalue weighted by molar-refractivity contribution is 6.30. The number of anilines is 1. The Balaban J connectivity index is 2.47. The molecule has 1 rings (SSSR count). The number of hydrogen-bond acceptors (Lipinski definition) is 5. The van der Waals surface area contributed by atoms with Gasteiger partial charge in [0.05, 0.1) is 0 Å². The fraction of sp³-hybridized carbons (Fsp3) is 0.643. The maximum absolute atomic E-state index is 11.5. The molecule has 1 aromatic heterocycles. The van der Waals surface area contributed by atoms with Crippen molar-refractivity contribution in [3.05, 3.63) is 17.0 Å². The molecule has 7 heteroatoms. The standard InChI is InChI=1S/C14H23ClN4O2/c1-9(2)10-11(15)18-8-19-12(10)16-6-7-17-13(20)21-14(3,4)5/h8-9H,6-7H2,1-5H3,(H,17,20)(H,16,18,19). The summed E-state index contributed by atoms with van der Waals surface area (Å²) in [6.45, 7) is 10.5. The van der Waals surface area contributed by atoms with Gasteiger partial charge in [-0.3, -0.25) is 0 Å². The van der Waals surface area contributed by atoms with Crippen LogP contribution < -0.4 is 10.6 Å². The van der Waals surface area contributed by atoms with E-state index < -0.39 is 11.7 Å². The van der Waals surface area contributed by atoms with Crippen molar-refractivity contribution in [2.45, 2.75) is 46.1 Å². The number of nitrogens with one attached hydrogen (secondary N) is 2. The normalized spacial score (nSPS) is 11.4. The second-order valence-electron chi connectivity index (χ2n) is 5.94. The molecule has 0 fully saturated rings. The third-order valence-electron chi connectivity index (χ3n) is 2.50. The summed E-state index contributed by atoms with van der Waals surface area (Å²) in [4.78, 5) is 19.7. The van der Waals surface area contributed by atoms with E-state index in [1.807, 2.05) is 34.6 Å². The third kappa shape index (κ3) is 6.16. The number of hydrogen-bond donors (Lipinski definition) is 2. The van der Waals surface area contributed by atoms with Gasteiger partial charge in [-0.05, 0) is 26.7 Å². The maximum atomic E-state index is 11.5. The van der Waals surface area contributed by atoms with Crippen molar-refractivity contribution < 1.29 is 9.53 Å². The van der Waals surface area contributed by atoms with Crippen LogP contribution in [0.2, 0.25) is 5.15 Å². The summed E-state index contributed by atoms with van der Waals surface area (Å²) in [6.07, 6.45) is 0.979. The molecular formula is C14H23ClN4O2. The molecular weight excluding hydrogens is 292 g/mol. The van der Waals surface area contributed by atoms with Gasteiger partial charge < -0.3 is 15.4 Å². The van der Waals surface area contributed by atoms with Gasteiger partial charge in [0.15, 0.2) is 0 Å². The monoisotopic (exact) mass is 314 g/mol. The van der Waals surface area contributed by atoms with Crippen LogP contribution in [-0.4, -0.2) is 34.8 Å². The Hall–Kier alpha value is -1.56. The molecule has 0 atom stereocenters.